The van der Waals surface area contributed by atoms with Gasteiger partial charge in [-0.25, -0.2) is 0 Å². The van der Waals surface area contributed by atoms with E-state index in [1.807, 2.05) is 6.08 Å². The predicted molar refractivity (Wildman–Crippen MR) is 83.6 cm³/mol. The zero-order valence-electron chi connectivity index (χ0n) is 13.3. The Morgan fingerprint density at radius 1 is 1.05 bits per heavy atom. The number of fused-ring (bicyclic) bond motifs is 5. The van der Waals surface area contributed by atoms with E-state index >= 15 is 0 Å². The number of allylic oxidation sites excluding steroid dienone is 2. The third kappa shape index (κ3) is 1.78. The van der Waals surface area contributed by atoms with Crippen LogP contribution < -0.4 is 0 Å². The fraction of sp³-hybridized carbons (Fsp3) is 0.789. The van der Waals surface area contributed by atoms with Crippen molar-refractivity contribution in [3.63, 3.8) is 0 Å². The molecule has 0 aromatic carbocycles. The van der Waals surface area contributed by atoms with E-state index in [9.17, 15) is 10.2 Å². The Bertz CT molecular complexity index is 508. The van der Waals surface area contributed by atoms with E-state index in [0.29, 0.717) is 11.8 Å². The van der Waals surface area contributed by atoms with Gasteiger partial charge < -0.3 is 10.2 Å². The van der Waals surface area contributed by atoms with Crippen LogP contribution in [0.15, 0.2) is 23.8 Å². The van der Waals surface area contributed by atoms with Crippen molar-refractivity contribution < 1.29 is 10.2 Å². The van der Waals surface area contributed by atoms with Gasteiger partial charge in [-0.3, -0.25) is 0 Å². The normalized spacial score (nSPS) is 55.4. The summed E-state index contributed by atoms with van der Waals surface area (Å²) < 4.78 is 0. The van der Waals surface area contributed by atoms with Crippen LogP contribution in [0.5, 0.6) is 0 Å². The highest BCUT2D eigenvalue weighted by atomic mass is 16.3. The van der Waals surface area contributed by atoms with Crippen molar-refractivity contribution in [3.05, 3.63) is 23.8 Å². The Labute approximate surface area is 127 Å². The molecule has 0 unspecified atom stereocenters. The lowest BCUT2D eigenvalue weighted by molar-refractivity contribution is -0.0620. The Morgan fingerprint density at radius 3 is 2.67 bits per heavy atom. The molecule has 4 rings (SSSR count). The summed E-state index contributed by atoms with van der Waals surface area (Å²) >= 11 is 0. The van der Waals surface area contributed by atoms with Gasteiger partial charge in [0, 0.05) is 5.41 Å². The van der Waals surface area contributed by atoms with Gasteiger partial charge in [0.25, 0.3) is 0 Å². The summed E-state index contributed by atoms with van der Waals surface area (Å²) in [7, 11) is 0. The molecule has 0 aromatic heterocycles. The first-order valence-electron chi connectivity index (χ1n) is 8.72. The highest BCUT2D eigenvalue weighted by Gasteiger charge is 2.58. The molecule has 0 heterocycles. The van der Waals surface area contributed by atoms with Gasteiger partial charge in [0.15, 0.2) is 0 Å². The maximum absolute atomic E-state index is 10.4. The zero-order chi connectivity index (χ0) is 14.8. The van der Waals surface area contributed by atoms with Crippen LogP contribution in [-0.2, 0) is 0 Å². The van der Waals surface area contributed by atoms with Crippen LogP contribution >= 0.6 is 0 Å². The van der Waals surface area contributed by atoms with Crippen molar-refractivity contribution in [2.45, 2.75) is 64.6 Å². The quantitative estimate of drug-likeness (QED) is 0.670. The molecule has 3 saturated carbocycles. The average Bonchev–Trinajstić information content (AvgIpc) is 2.76. The van der Waals surface area contributed by atoms with E-state index in [-0.39, 0.29) is 23.0 Å². The third-order valence-electron chi connectivity index (χ3n) is 7.61. The molecule has 7 atom stereocenters. The summed E-state index contributed by atoms with van der Waals surface area (Å²) in [5.74, 6) is 2.15. The van der Waals surface area contributed by atoms with Crippen LogP contribution in [-0.4, -0.2) is 22.4 Å². The molecule has 2 heteroatoms. The molecular weight excluding hydrogens is 260 g/mol. The molecule has 0 radical (unpaired) electrons. The highest BCUT2D eigenvalue weighted by molar-refractivity contribution is 5.33. The minimum Gasteiger partial charge on any atom is -0.393 e. The second kappa shape index (κ2) is 4.45. The summed E-state index contributed by atoms with van der Waals surface area (Å²) in [4.78, 5) is 0. The lowest BCUT2D eigenvalue weighted by Gasteiger charge is -2.56. The zero-order valence-corrected chi connectivity index (χ0v) is 13.3. The van der Waals surface area contributed by atoms with E-state index < -0.39 is 0 Å². The van der Waals surface area contributed by atoms with Crippen molar-refractivity contribution in [2.24, 2.45) is 28.6 Å². The summed E-state index contributed by atoms with van der Waals surface area (Å²) in [6, 6.07) is 0. The number of rotatable bonds is 0. The van der Waals surface area contributed by atoms with Crippen LogP contribution in [0, 0.1) is 28.6 Å². The lowest BCUT2D eigenvalue weighted by Crippen LogP contribution is -2.50. The van der Waals surface area contributed by atoms with E-state index in [1.54, 1.807) is 0 Å². The van der Waals surface area contributed by atoms with E-state index in [1.165, 1.54) is 31.3 Å². The smallest absolute Gasteiger partial charge is 0.0905 e. The SMILES string of the molecule is C[C@]12CC[C@H]3[C@@H](CCC4=C[C@H](O)C=C[C@@]43C)[C@@H]1CC[C@@H]2O. The van der Waals surface area contributed by atoms with Crippen LogP contribution in [0.2, 0.25) is 0 Å². The fourth-order valence-corrected chi connectivity index (χ4v) is 6.29. The molecule has 0 aromatic rings. The molecule has 116 valence electrons. The van der Waals surface area contributed by atoms with Gasteiger partial charge in [0.05, 0.1) is 12.2 Å². The first-order valence-corrected chi connectivity index (χ1v) is 8.72. The highest BCUT2D eigenvalue weighted by Crippen LogP contribution is 2.64. The van der Waals surface area contributed by atoms with Crippen LogP contribution in [0.4, 0.5) is 0 Å². The Hall–Kier alpha value is -0.600. The van der Waals surface area contributed by atoms with Crippen molar-refractivity contribution in [1.29, 1.82) is 0 Å². The number of aliphatic hydroxyl groups excluding tert-OH is 2. The molecule has 0 aliphatic heterocycles. The number of hydrogen-bond acceptors (Lipinski definition) is 2. The summed E-state index contributed by atoms with van der Waals surface area (Å²) in [6.07, 6.45) is 12.9. The first-order chi connectivity index (χ1) is 9.95. The Balaban J connectivity index is 1.69. The van der Waals surface area contributed by atoms with Crippen LogP contribution in [0.25, 0.3) is 0 Å². The van der Waals surface area contributed by atoms with Crippen molar-refractivity contribution in [2.75, 3.05) is 0 Å². The molecule has 4 aliphatic carbocycles. The molecule has 0 spiro atoms. The van der Waals surface area contributed by atoms with Crippen LogP contribution in [0.3, 0.4) is 0 Å². The molecule has 3 fully saturated rings. The average molecular weight is 288 g/mol. The maximum Gasteiger partial charge on any atom is 0.0905 e. The van der Waals surface area contributed by atoms with Gasteiger partial charge in [-0.15, -0.1) is 0 Å². The second-order valence-electron chi connectivity index (χ2n) is 8.38. The fourth-order valence-electron chi connectivity index (χ4n) is 6.29. The van der Waals surface area contributed by atoms with E-state index in [4.69, 9.17) is 0 Å². The summed E-state index contributed by atoms with van der Waals surface area (Å²) in [5, 5.41) is 20.3. The molecule has 0 amide bonds. The molecular formula is C19H28O2. The second-order valence-corrected chi connectivity index (χ2v) is 8.38. The van der Waals surface area contributed by atoms with Crippen LogP contribution in [0.1, 0.15) is 52.4 Å². The molecule has 21 heavy (non-hydrogen) atoms. The standard InChI is InChI=1S/C19H28O2/c1-18-9-7-13(20)11-12(18)3-4-14-15-5-6-17(21)19(15,2)10-8-16(14)18/h7,9,11,13-17,20-21H,3-6,8,10H2,1-2H3/t13-,14+,15+,16+,17+,18+,19+/m1/s1. The van der Waals surface area contributed by atoms with Gasteiger partial charge >= 0.3 is 0 Å². The molecule has 0 bridgehead atoms. The number of aliphatic hydroxyl groups is 2. The molecule has 2 N–H and O–H groups in total. The number of hydrogen-bond donors (Lipinski definition) is 2. The topological polar surface area (TPSA) is 40.5 Å². The van der Waals surface area contributed by atoms with Gasteiger partial charge in [0.1, 0.15) is 0 Å². The first kappa shape index (κ1) is 14.0. The van der Waals surface area contributed by atoms with Gasteiger partial charge in [0.2, 0.25) is 0 Å². The van der Waals surface area contributed by atoms with Crippen molar-refractivity contribution >= 4 is 0 Å². The summed E-state index contributed by atoms with van der Waals surface area (Å²) in [5.41, 5.74) is 1.77. The molecule has 0 saturated heterocycles. The maximum atomic E-state index is 10.4. The van der Waals surface area contributed by atoms with E-state index in [0.717, 1.165) is 18.8 Å². The Kier molecular flexibility index (Phi) is 2.97. The van der Waals surface area contributed by atoms with E-state index in [2.05, 4.69) is 26.0 Å². The minimum absolute atomic E-state index is 0.0862. The molecule has 2 nitrogen and oxygen atoms in total. The largest absolute Gasteiger partial charge is 0.393 e. The van der Waals surface area contributed by atoms with Gasteiger partial charge in [-0.1, -0.05) is 37.6 Å². The summed E-state index contributed by atoms with van der Waals surface area (Å²) in [6.45, 7) is 4.71. The van der Waals surface area contributed by atoms with Crippen molar-refractivity contribution in [3.8, 4) is 0 Å². The lowest BCUT2D eigenvalue weighted by atomic mass is 9.48. The predicted octanol–water partition coefficient (Wildman–Crippen LogP) is 3.45. The Morgan fingerprint density at radius 2 is 1.86 bits per heavy atom. The third-order valence-corrected chi connectivity index (χ3v) is 7.61. The monoisotopic (exact) mass is 288 g/mol. The molecule has 4 aliphatic rings. The van der Waals surface area contributed by atoms with Crippen molar-refractivity contribution in [1.82, 2.24) is 0 Å². The van der Waals surface area contributed by atoms with Gasteiger partial charge in [-0.2, -0.15) is 0 Å². The minimum atomic E-state index is -0.383. The van der Waals surface area contributed by atoms with Gasteiger partial charge in [-0.05, 0) is 61.7 Å².